The van der Waals surface area contributed by atoms with Gasteiger partial charge in [-0.3, -0.25) is 0 Å². The van der Waals surface area contributed by atoms with Crippen molar-refractivity contribution in [2.75, 3.05) is 25.6 Å². The molecule has 0 unspecified atom stereocenters. The lowest BCUT2D eigenvalue weighted by atomic mass is 10.4. The zero-order chi connectivity index (χ0) is 11.4. The third-order valence-corrected chi connectivity index (χ3v) is 2.25. The van der Waals surface area contributed by atoms with Gasteiger partial charge in [-0.2, -0.15) is 19.6 Å². The molecule has 0 aliphatic carbocycles. The second-order valence-corrected chi connectivity index (χ2v) is 3.60. The Labute approximate surface area is 97.6 Å². The van der Waals surface area contributed by atoms with Crippen LogP contribution in [0.5, 0.6) is 0 Å². The molecule has 0 atom stereocenters. The number of hydrogen-bond acceptors (Lipinski definition) is 5. The first-order valence-electron chi connectivity index (χ1n) is 4.90. The summed E-state index contributed by atoms with van der Waals surface area (Å²) in [5.74, 6) is 1.27. The van der Waals surface area contributed by atoms with Crippen molar-refractivity contribution in [1.82, 2.24) is 19.6 Å². The average molecular weight is 242 g/mol. The van der Waals surface area contributed by atoms with Crippen molar-refractivity contribution in [3.8, 4) is 0 Å². The second-order valence-electron chi connectivity index (χ2n) is 3.21. The Balaban J connectivity index is 2.12. The first-order chi connectivity index (χ1) is 7.81. The third-order valence-electron chi connectivity index (χ3n) is 2.05. The van der Waals surface area contributed by atoms with Crippen molar-refractivity contribution in [2.45, 2.75) is 6.42 Å². The molecule has 86 valence electrons. The van der Waals surface area contributed by atoms with Crippen LogP contribution in [0.1, 0.15) is 6.42 Å². The van der Waals surface area contributed by atoms with Crippen molar-refractivity contribution >= 4 is 23.2 Å². The fourth-order valence-corrected chi connectivity index (χ4v) is 1.52. The molecule has 0 bridgehead atoms. The smallest absolute Gasteiger partial charge is 0.255 e. The van der Waals surface area contributed by atoms with E-state index in [-0.39, 0.29) is 0 Å². The minimum Gasteiger partial charge on any atom is -0.385 e. The zero-order valence-electron chi connectivity index (χ0n) is 8.85. The van der Waals surface area contributed by atoms with Crippen molar-refractivity contribution in [1.29, 1.82) is 0 Å². The van der Waals surface area contributed by atoms with Crippen LogP contribution in [0, 0.1) is 0 Å². The molecule has 6 nitrogen and oxygen atoms in total. The summed E-state index contributed by atoms with van der Waals surface area (Å²) in [6.07, 6.45) is 2.35. The topological polar surface area (TPSA) is 64.3 Å². The lowest BCUT2D eigenvalue weighted by Gasteiger charge is -2.07. The first kappa shape index (κ1) is 11.1. The molecule has 0 aliphatic rings. The number of fused-ring (bicyclic) bond motifs is 1. The lowest BCUT2D eigenvalue weighted by Crippen LogP contribution is -2.09. The Hall–Kier alpha value is -1.40. The molecule has 7 heteroatoms. The highest BCUT2D eigenvalue weighted by atomic mass is 35.5. The van der Waals surface area contributed by atoms with E-state index in [9.17, 15) is 0 Å². The lowest BCUT2D eigenvalue weighted by molar-refractivity contribution is 0.197. The molecule has 0 saturated carbocycles. The number of methoxy groups -OCH3 is 1. The quantitative estimate of drug-likeness (QED) is 0.630. The Kier molecular flexibility index (Phi) is 3.53. The van der Waals surface area contributed by atoms with Crippen molar-refractivity contribution in [3.63, 3.8) is 0 Å². The summed E-state index contributed by atoms with van der Waals surface area (Å²) in [7, 11) is 1.68. The second kappa shape index (κ2) is 5.09. The van der Waals surface area contributed by atoms with E-state index in [1.165, 1.54) is 6.33 Å². The number of anilines is 1. The van der Waals surface area contributed by atoms with Crippen LogP contribution in [0.15, 0.2) is 12.4 Å². The Morgan fingerprint density at radius 2 is 2.44 bits per heavy atom. The molecular formula is C9H12ClN5O. The predicted molar refractivity (Wildman–Crippen MR) is 60.8 cm³/mol. The van der Waals surface area contributed by atoms with E-state index in [1.54, 1.807) is 17.7 Å². The van der Waals surface area contributed by atoms with Gasteiger partial charge in [0.25, 0.3) is 5.78 Å². The number of aromatic nitrogens is 4. The van der Waals surface area contributed by atoms with Crippen molar-refractivity contribution < 1.29 is 4.74 Å². The number of rotatable bonds is 5. The number of ether oxygens (including phenoxy) is 1. The van der Waals surface area contributed by atoms with Gasteiger partial charge >= 0.3 is 0 Å². The molecule has 0 spiro atoms. The van der Waals surface area contributed by atoms with E-state index in [0.29, 0.717) is 17.5 Å². The molecule has 2 heterocycles. The van der Waals surface area contributed by atoms with Gasteiger partial charge in [-0.1, -0.05) is 11.6 Å². The third kappa shape index (κ3) is 2.40. The summed E-state index contributed by atoms with van der Waals surface area (Å²) in [5.41, 5.74) is 0. The molecule has 2 rings (SSSR count). The molecular weight excluding hydrogens is 230 g/mol. The van der Waals surface area contributed by atoms with Gasteiger partial charge in [0.2, 0.25) is 0 Å². The molecule has 0 aliphatic heterocycles. The molecule has 1 N–H and O–H groups in total. The molecule has 0 amide bonds. The highest BCUT2D eigenvalue weighted by Crippen LogP contribution is 2.14. The van der Waals surface area contributed by atoms with Crippen molar-refractivity contribution in [2.24, 2.45) is 0 Å². The predicted octanol–water partition coefficient (Wildman–Crippen LogP) is 1.23. The summed E-state index contributed by atoms with van der Waals surface area (Å²) >= 11 is 5.86. The van der Waals surface area contributed by atoms with Gasteiger partial charge in [-0.05, 0) is 6.42 Å². The summed E-state index contributed by atoms with van der Waals surface area (Å²) in [4.78, 5) is 8.01. The fourth-order valence-electron chi connectivity index (χ4n) is 1.34. The van der Waals surface area contributed by atoms with Gasteiger partial charge in [-0.15, -0.1) is 0 Å². The highest BCUT2D eigenvalue weighted by molar-refractivity contribution is 6.29. The SMILES string of the molecule is COCCCNc1cc(Cl)nc2ncnn12. The van der Waals surface area contributed by atoms with Crippen LogP contribution in [-0.4, -0.2) is 39.8 Å². The molecule has 2 aromatic heterocycles. The summed E-state index contributed by atoms with van der Waals surface area (Å²) in [5, 5.41) is 7.65. The van der Waals surface area contributed by atoms with Gasteiger partial charge in [0.05, 0.1) is 0 Å². The monoisotopic (exact) mass is 241 g/mol. The molecule has 16 heavy (non-hydrogen) atoms. The Bertz CT molecular complexity index is 472. The summed E-state index contributed by atoms with van der Waals surface area (Å²) in [6.45, 7) is 1.50. The van der Waals surface area contributed by atoms with E-state index >= 15 is 0 Å². The fraction of sp³-hybridized carbons (Fsp3) is 0.444. The summed E-state index contributed by atoms with van der Waals surface area (Å²) < 4.78 is 6.57. The molecule has 2 aromatic rings. The minimum atomic E-state index is 0.398. The highest BCUT2D eigenvalue weighted by Gasteiger charge is 2.05. The van der Waals surface area contributed by atoms with Gasteiger partial charge in [-0.25, -0.2) is 0 Å². The number of nitrogens with zero attached hydrogens (tertiary/aromatic N) is 4. The van der Waals surface area contributed by atoms with E-state index in [1.807, 2.05) is 0 Å². The largest absolute Gasteiger partial charge is 0.385 e. The maximum Gasteiger partial charge on any atom is 0.255 e. The Morgan fingerprint density at radius 3 is 3.25 bits per heavy atom. The number of hydrogen-bond donors (Lipinski definition) is 1. The van der Waals surface area contributed by atoms with Crippen LogP contribution in [-0.2, 0) is 4.74 Å². The van der Waals surface area contributed by atoms with Gasteiger partial charge in [0.1, 0.15) is 17.3 Å². The van der Waals surface area contributed by atoms with E-state index in [0.717, 1.165) is 18.8 Å². The van der Waals surface area contributed by atoms with Gasteiger partial charge in [0.15, 0.2) is 0 Å². The Morgan fingerprint density at radius 1 is 1.56 bits per heavy atom. The van der Waals surface area contributed by atoms with Crippen LogP contribution < -0.4 is 5.32 Å². The molecule has 0 aromatic carbocycles. The zero-order valence-corrected chi connectivity index (χ0v) is 9.61. The standard InChI is InChI=1S/C9H12ClN5O/c1-16-4-2-3-11-8-5-7(10)14-9-12-6-13-15(8)9/h5-6,11H,2-4H2,1H3. The van der Waals surface area contributed by atoms with E-state index in [2.05, 4.69) is 20.4 Å². The summed E-state index contributed by atoms with van der Waals surface area (Å²) in [6, 6.07) is 1.72. The van der Waals surface area contributed by atoms with E-state index < -0.39 is 0 Å². The molecule has 0 radical (unpaired) electrons. The van der Waals surface area contributed by atoms with Crippen LogP contribution >= 0.6 is 11.6 Å². The van der Waals surface area contributed by atoms with Crippen LogP contribution in [0.25, 0.3) is 5.78 Å². The molecule has 0 fully saturated rings. The normalized spacial score (nSPS) is 10.9. The van der Waals surface area contributed by atoms with Gasteiger partial charge < -0.3 is 10.1 Å². The van der Waals surface area contributed by atoms with Crippen LogP contribution in [0.4, 0.5) is 5.82 Å². The molecule has 0 saturated heterocycles. The average Bonchev–Trinajstić information content (AvgIpc) is 2.72. The van der Waals surface area contributed by atoms with Crippen LogP contribution in [0.2, 0.25) is 5.15 Å². The number of nitrogens with one attached hydrogen (secondary N) is 1. The van der Waals surface area contributed by atoms with Crippen LogP contribution in [0.3, 0.4) is 0 Å². The maximum atomic E-state index is 5.86. The first-order valence-corrected chi connectivity index (χ1v) is 5.28. The van der Waals surface area contributed by atoms with E-state index in [4.69, 9.17) is 16.3 Å². The maximum absolute atomic E-state index is 5.86. The number of halogens is 1. The van der Waals surface area contributed by atoms with Gasteiger partial charge in [0, 0.05) is 26.3 Å². The minimum absolute atomic E-state index is 0.398. The van der Waals surface area contributed by atoms with Crippen molar-refractivity contribution in [3.05, 3.63) is 17.5 Å².